The molecule has 0 saturated heterocycles. The van der Waals surface area contributed by atoms with Crippen molar-refractivity contribution in [3.8, 4) is 5.75 Å². The van der Waals surface area contributed by atoms with Gasteiger partial charge in [0.25, 0.3) is 0 Å². The number of carbonyl (C=O) groups is 1. The smallest absolute Gasteiger partial charge is 0.244 e. The third-order valence-corrected chi connectivity index (χ3v) is 4.44. The number of nitrogens with one attached hydrogen (secondary N) is 1. The first-order valence-corrected chi connectivity index (χ1v) is 7.93. The molecule has 3 rings (SSSR count). The Kier molecular flexibility index (Phi) is 5.86. The second kappa shape index (κ2) is 7.69. The molecule has 1 aliphatic heterocycles. The van der Waals surface area contributed by atoms with Crippen LogP contribution in [0.1, 0.15) is 30.4 Å². The van der Waals surface area contributed by atoms with Crippen LogP contribution >= 0.6 is 12.4 Å². The Morgan fingerprint density at radius 1 is 1.21 bits per heavy atom. The van der Waals surface area contributed by atoms with Gasteiger partial charge in [-0.15, -0.1) is 12.4 Å². The molecule has 0 fully saturated rings. The van der Waals surface area contributed by atoms with Crippen molar-refractivity contribution >= 4 is 18.3 Å². The van der Waals surface area contributed by atoms with Crippen LogP contribution in [0.25, 0.3) is 0 Å². The van der Waals surface area contributed by atoms with E-state index < -0.39 is 5.54 Å². The van der Waals surface area contributed by atoms with Crippen molar-refractivity contribution in [1.29, 1.82) is 0 Å². The second-order valence-corrected chi connectivity index (χ2v) is 6.15. The molecule has 5 heteroatoms. The molecule has 0 radical (unpaired) electrons. The molecular formula is C19H23ClN2O2. The Balaban J connectivity index is 0.00000208. The molecule has 24 heavy (non-hydrogen) atoms. The van der Waals surface area contributed by atoms with Gasteiger partial charge in [-0.1, -0.05) is 48.5 Å². The molecule has 128 valence electrons. The topological polar surface area (TPSA) is 64.4 Å². The minimum Gasteiger partial charge on any atom is -0.493 e. The number of ether oxygens (including phenoxy) is 1. The van der Waals surface area contributed by atoms with Gasteiger partial charge in [0.2, 0.25) is 5.91 Å². The van der Waals surface area contributed by atoms with Crippen LogP contribution in [-0.4, -0.2) is 19.1 Å². The third-order valence-electron chi connectivity index (χ3n) is 4.44. The number of rotatable bonds is 4. The monoisotopic (exact) mass is 346 g/mol. The Labute approximate surface area is 148 Å². The lowest BCUT2D eigenvalue weighted by atomic mass is 9.90. The summed E-state index contributed by atoms with van der Waals surface area (Å²) in [6, 6.07) is 17.4. The van der Waals surface area contributed by atoms with Crippen LogP contribution in [0, 0.1) is 0 Å². The largest absolute Gasteiger partial charge is 0.493 e. The molecular weight excluding hydrogens is 324 g/mol. The molecule has 1 aliphatic rings. The lowest BCUT2D eigenvalue weighted by molar-refractivity contribution is -0.126. The fourth-order valence-electron chi connectivity index (χ4n) is 2.94. The zero-order chi connectivity index (χ0) is 16.3. The van der Waals surface area contributed by atoms with E-state index in [1.165, 1.54) is 0 Å². The maximum absolute atomic E-state index is 12.6. The van der Waals surface area contributed by atoms with Crippen LogP contribution in [0.3, 0.4) is 0 Å². The van der Waals surface area contributed by atoms with E-state index in [1.54, 1.807) is 6.92 Å². The number of amides is 1. The van der Waals surface area contributed by atoms with Crippen molar-refractivity contribution < 1.29 is 9.53 Å². The van der Waals surface area contributed by atoms with Crippen molar-refractivity contribution in [3.05, 3.63) is 65.7 Å². The summed E-state index contributed by atoms with van der Waals surface area (Å²) < 4.78 is 5.66. The zero-order valence-electron chi connectivity index (χ0n) is 13.7. The maximum atomic E-state index is 12.6. The SMILES string of the molecule is CC(N)(C(=O)NCC1CCOc2ccccc21)c1ccccc1.Cl. The Morgan fingerprint density at radius 2 is 1.88 bits per heavy atom. The molecule has 1 amide bonds. The summed E-state index contributed by atoms with van der Waals surface area (Å²) in [6.07, 6.45) is 0.893. The van der Waals surface area contributed by atoms with Crippen LogP contribution in [-0.2, 0) is 10.3 Å². The van der Waals surface area contributed by atoms with Gasteiger partial charge < -0.3 is 15.8 Å². The highest BCUT2D eigenvalue weighted by Gasteiger charge is 2.31. The van der Waals surface area contributed by atoms with Crippen molar-refractivity contribution in [1.82, 2.24) is 5.32 Å². The average molecular weight is 347 g/mol. The van der Waals surface area contributed by atoms with Gasteiger partial charge in [-0.05, 0) is 30.5 Å². The molecule has 0 saturated carbocycles. The van der Waals surface area contributed by atoms with Crippen LogP contribution < -0.4 is 15.8 Å². The van der Waals surface area contributed by atoms with E-state index in [-0.39, 0.29) is 24.2 Å². The second-order valence-electron chi connectivity index (χ2n) is 6.15. The van der Waals surface area contributed by atoms with Crippen molar-refractivity contribution in [3.63, 3.8) is 0 Å². The molecule has 0 aromatic heterocycles. The molecule has 0 spiro atoms. The van der Waals surface area contributed by atoms with Gasteiger partial charge in [0.1, 0.15) is 11.3 Å². The predicted molar refractivity (Wildman–Crippen MR) is 97.5 cm³/mol. The van der Waals surface area contributed by atoms with Gasteiger partial charge >= 0.3 is 0 Å². The number of fused-ring (bicyclic) bond motifs is 1. The third kappa shape index (κ3) is 3.71. The minimum absolute atomic E-state index is 0. The molecule has 3 N–H and O–H groups in total. The molecule has 0 aliphatic carbocycles. The van der Waals surface area contributed by atoms with Crippen LogP contribution in [0.15, 0.2) is 54.6 Å². The number of para-hydroxylation sites is 1. The molecule has 2 aromatic rings. The summed E-state index contributed by atoms with van der Waals surface area (Å²) in [5.74, 6) is 1.01. The summed E-state index contributed by atoms with van der Waals surface area (Å²) in [7, 11) is 0. The van der Waals surface area contributed by atoms with E-state index in [9.17, 15) is 4.79 Å². The van der Waals surface area contributed by atoms with Gasteiger partial charge in [-0.25, -0.2) is 0 Å². The molecule has 4 nitrogen and oxygen atoms in total. The van der Waals surface area contributed by atoms with Gasteiger partial charge in [0, 0.05) is 12.5 Å². The highest BCUT2D eigenvalue weighted by atomic mass is 35.5. The van der Waals surface area contributed by atoms with Crippen molar-refractivity contribution in [2.75, 3.05) is 13.2 Å². The first-order chi connectivity index (χ1) is 11.1. The summed E-state index contributed by atoms with van der Waals surface area (Å²) in [5, 5.41) is 3.01. The number of hydrogen-bond donors (Lipinski definition) is 2. The van der Waals surface area contributed by atoms with Crippen LogP contribution in [0.5, 0.6) is 5.75 Å². The van der Waals surface area contributed by atoms with Gasteiger partial charge in [0.05, 0.1) is 6.61 Å². The highest BCUT2D eigenvalue weighted by molar-refractivity contribution is 5.87. The number of carbonyl (C=O) groups excluding carboxylic acids is 1. The first kappa shape index (κ1) is 18.3. The van der Waals surface area contributed by atoms with E-state index >= 15 is 0 Å². The molecule has 0 bridgehead atoms. The quantitative estimate of drug-likeness (QED) is 0.894. The number of halogens is 1. The standard InChI is InChI=1S/C19H22N2O2.ClH/c1-19(20,15-7-3-2-4-8-15)18(22)21-13-14-11-12-23-17-10-6-5-9-16(14)17;/h2-10,14H,11-13,20H2,1H3,(H,21,22);1H. The van der Waals surface area contributed by atoms with Crippen molar-refractivity contribution in [2.45, 2.75) is 24.8 Å². The number of nitrogens with two attached hydrogens (primary N) is 1. The molecule has 2 unspecified atom stereocenters. The molecule has 1 heterocycles. The Bertz CT molecular complexity index is 689. The average Bonchev–Trinajstić information content (AvgIpc) is 2.60. The number of benzene rings is 2. The van der Waals surface area contributed by atoms with E-state index in [0.29, 0.717) is 13.2 Å². The Morgan fingerprint density at radius 3 is 2.62 bits per heavy atom. The molecule has 2 aromatic carbocycles. The fourth-order valence-corrected chi connectivity index (χ4v) is 2.94. The lowest BCUT2D eigenvalue weighted by Gasteiger charge is -2.28. The van der Waals surface area contributed by atoms with E-state index in [2.05, 4.69) is 11.4 Å². The fraction of sp³-hybridized carbons (Fsp3) is 0.316. The van der Waals surface area contributed by atoms with Gasteiger partial charge in [-0.3, -0.25) is 4.79 Å². The Hall–Kier alpha value is -2.04. The predicted octanol–water partition coefficient (Wildman–Crippen LogP) is 2.96. The first-order valence-electron chi connectivity index (χ1n) is 7.93. The summed E-state index contributed by atoms with van der Waals surface area (Å²) in [5.41, 5.74) is 7.18. The van der Waals surface area contributed by atoms with E-state index in [1.807, 2.05) is 48.5 Å². The highest BCUT2D eigenvalue weighted by Crippen LogP contribution is 2.32. The normalized spacial score (nSPS) is 18.3. The van der Waals surface area contributed by atoms with Gasteiger partial charge in [0.15, 0.2) is 0 Å². The van der Waals surface area contributed by atoms with Gasteiger partial charge in [-0.2, -0.15) is 0 Å². The number of hydrogen-bond acceptors (Lipinski definition) is 3. The minimum atomic E-state index is -1.04. The van der Waals surface area contributed by atoms with Crippen molar-refractivity contribution in [2.24, 2.45) is 5.73 Å². The van der Waals surface area contributed by atoms with E-state index in [0.717, 1.165) is 23.3 Å². The lowest BCUT2D eigenvalue weighted by Crippen LogP contribution is -2.50. The summed E-state index contributed by atoms with van der Waals surface area (Å²) in [6.45, 7) is 2.99. The van der Waals surface area contributed by atoms with Crippen LogP contribution in [0.4, 0.5) is 0 Å². The maximum Gasteiger partial charge on any atom is 0.244 e. The zero-order valence-corrected chi connectivity index (χ0v) is 14.5. The summed E-state index contributed by atoms with van der Waals surface area (Å²) >= 11 is 0. The van der Waals surface area contributed by atoms with Crippen LogP contribution in [0.2, 0.25) is 0 Å². The summed E-state index contributed by atoms with van der Waals surface area (Å²) in [4.78, 5) is 12.6. The van der Waals surface area contributed by atoms with E-state index in [4.69, 9.17) is 10.5 Å². The molecule has 2 atom stereocenters.